The number of methoxy groups -OCH3 is 3. The van der Waals surface area contributed by atoms with Crippen molar-refractivity contribution in [2.24, 2.45) is 0 Å². The molecule has 0 aliphatic rings. The summed E-state index contributed by atoms with van der Waals surface area (Å²) < 4.78 is 24.6. The molecule has 0 fully saturated rings. The third-order valence-corrected chi connectivity index (χ3v) is 7.39. The molecule has 0 atom stereocenters. The summed E-state index contributed by atoms with van der Waals surface area (Å²) in [6, 6.07) is 20.1. The van der Waals surface area contributed by atoms with Gasteiger partial charge in [0.2, 0.25) is 0 Å². The Balaban J connectivity index is 1.64. The van der Waals surface area contributed by atoms with Crippen molar-refractivity contribution in [1.29, 1.82) is 0 Å². The van der Waals surface area contributed by atoms with Crippen molar-refractivity contribution < 1.29 is 18.9 Å². The molecule has 0 spiro atoms. The van der Waals surface area contributed by atoms with E-state index in [0.29, 0.717) is 23.9 Å². The number of hydrogen-bond acceptors (Lipinski definition) is 5. The third-order valence-electron chi connectivity index (χ3n) is 4.94. The Kier molecular flexibility index (Phi) is 7.20. The van der Waals surface area contributed by atoms with Crippen LogP contribution in [0.4, 0.5) is 0 Å². The van der Waals surface area contributed by atoms with Gasteiger partial charge in [-0.1, -0.05) is 0 Å². The first-order valence-electron chi connectivity index (χ1n) is 9.85. The van der Waals surface area contributed by atoms with Crippen LogP contribution in [0.1, 0.15) is 5.56 Å². The first-order valence-corrected chi connectivity index (χ1v) is 12.5. The van der Waals surface area contributed by atoms with Crippen LogP contribution in [-0.4, -0.2) is 40.8 Å². The molecule has 4 rings (SSSR count). The van der Waals surface area contributed by atoms with Crippen LogP contribution in [0.3, 0.4) is 0 Å². The third kappa shape index (κ3) is 4.70. The van der Waals surface area contributed by atoms with E-state index in [9.17, 15) is 0 Å². The van der Waals surface area contributed by atoms with Gasteiger partial charge >= 0.3 is 202 Å². The van der Waals surface area contributed by atoms with E-state index in [4.69, 9.17) is 18.9 Å². The molecular weight excluding hydrogens is 537 g/mol. The summed E-state index contributed by atoms with van der Waals surface area (Å²) >= 11 is 3.75. The van der Waals surface area contributed by atoms with Crippen LogP contribution >= 0.6 is 15.9 Å². The van der Waals surface area contributed by atoms with E-state index in [1.54, 1.807) is 21.3 Å². The van der Waals surface area contributed by atoms with E-state index in [1.807, 2.05) is 65.7 Å². The van der Waals surface area contributed by atoms with Crippen molar-refractivity contribution in [3.8, 4) is 44.3 Å². The van der Waals surface area contributed by atoms with Gasteiger partial charge in [-0.2, -0.15) is 0 Å². The second-order valence-electron chi connectivity index (χ2n) is 6.86. The normalized spacial score (nSPS) is 10.6. The van der Waals surface area contributed by atoms with Crippen LogP contribution in [0.5, 0.6) is 23.0 Å². The fourth-order valence-corrected chi connectivity index (χ4v) is 5.54. The average molecular weight is 559 g/mol. The number of rotatable bonds is 8. The maximum atomic E-state index is 5.99. The molecule has 3 aromatic carbocycles. The van der Waals surface area contributed by atoms with E-state index < -0.39 is 0 Å². The van der Waals surface area contributed by atoms with Crippen molar-refractivity contribution in [1.82, 2.24) is 4.98 Å². The Hall–Kier alpha value is -2.73. The Morgan fingerprint density at radius 2 is 1.53 bits per heavy atom. The van der Waals surface area contributed by atoms with Gasteiger partial charge in [0, 0.05) is 0 Å². The van der Waals surface area contributed by atoms with E-state index in [0.717, 1.165) is 37.0 Å². The molecule has 0 saturated heterocycles. The Morgan fingerprint density at radius 1 is 0.812 bits per heavy atom. The molecule has 0 bridgehead atoms. The van der Waals surface area contributed by atoms with Gasteiger partial charge in [0.15, 0.2) is 0 Å². The minimum atomic E-state index is 0.0922. The molecule has 0 unspecified atom stereocenters. The fourth-order valence-electron chi connectivity index (χ4n) is 3.37. The van der Waals surface area contributed by atoms with Gasteiger partial charge in [0.05, 0.1) is 0 Å². The maximum absolute atomic E-state index is 5.99. The van der Waals surface area contributed by atoms with Gasteiger partial charge in [-0.15, -0.1) is 0 Å². The molecule has 0 N–H and O–H groups in total. The molecule has 5 nitrogen and oxygen atoms in total. The van der Waals surface area contributed by atoms with Gasteiger partial charge in [-0.25, -0.2) is 0 Å². The molecular formula is C25H22BrNO4Se. The summed E-state index contributed by atoms with van der Waals surface area (Å²) in [5.74, 6) is 2.62. The van der Waals surface area contributed by atoms with Crippen LogP contribution in [-0.2, 0) is 6.61 Å². The Labute approximate surface area is 201 Å². The van der Waals surface area contributed by atoms with E-state index in [2.05, 4.69) is 20.9 Å². The van der Waals surface area contributed by atoms with Crippen LogP contribution in [0.15, 0.2) is 70.2 Å². The summed E-state index contributed by atoms with van der Waals surface area (Å²) in [6.45, 7) is 0.513. The first-order chi connectivity index (χ1) is 15.6. The summed E-state index contributed by atoms with van der Waals surface area (Å²) in [6.07, 6.45) is 0. The van der Waals surface area contributed by atoms with Crippen molar-refractivity contribution in [3.05, 3.63) is 75.8 Å². The first kappa shape index (κ1) is 22.5. The predicted octanol–water partition coefficient (Wildman–Crippen LogP) is 5.84. The molecule has 32 heavy (non-hydrogen) atoms. The van der Waals surface area contributed by atoms with Gasteiger partial charge in [-0.3, -0.25) is 0 Å². The molecule has 0 amide bonds. The van der Waals surface area contributed by atoms with Crippen molar-refractivity contribution in [2.45, 2.75) is 6.61 Å². The van der Waals surface area contributed by atoms with Crippen LogP contribution in [0.2, 0.25) is 0 Å². The zero-order valence-electron chi connectivity index (χ0n) is 17.9. The second-order valence-corrected chi connectivity index (χ2v) is 9.51. The van der Waals surface area contributed by atoms with Gasteiger partial charge in [0.25, 0.3) is 0 Å². The topological polar surface area (TPSA) is 49.8 Å². The molecule has 4 aromatic rings. The molecule has 0 aliphatic heterocycles. The quantitative estimate of drug-likeness (QED) is 0.254. The summed E-state index contributed by atoms with van der Waals surface area (Å²) in [7, 11) is 4.85. The molecule has 1 heterocycles. The second kappa shape index (κ2) is 10.3. The molecule has 7 heteroatoms. The van der Waals surface area contributed by atoms with Gasteiger partial charge < -0.3 is 0 Å². The van der Waals surface area contributed by atoms with E-state index in [-0.39, 0.29) is 14.5 Å². The SMILES string of the molecule is COc1cc(-c2[se]cnc2-c2ccc(OCc3ccccc3)c(Br)c2)cc(OC)c1OC. The van der Waals surface area contributed by atoms with Crippen molar-refractivity contribution >= 4 is 30.4 Å². The number of halogens is 1. The van der Waals surface area contributed by atoms with Gasteiger partial charge in [0.1, 0.15) is 0 Å². The monoisotopic (exact) mass is 559 g/mol. The van der Waals surface area contributed by atoms with Crippen LogP contribution < -0.4 is 18.9 Å². The Bertz CT molecular complexity index is 1180. The van der Waals surface area contributed by atoms with E-state index in [1.165, 1.54) is 0 Å². The van der Waals surface area contributed by atoms with Crippen molar-refractivity contribution in [3.63, 3.8) is 0 Å². The number of hydrogen-bond donors (Lipinski definition) is 0. The zero-order chi connectivity index (χ0) is 22.5. The molecule has 1 aromatic heterocycles. The Morgan fingerprint density at radius 3 is 2.16 bits per heavy atom. The summed E-state index contributed by atoms with van der Waals surface area (Å²) in [4.78, 5) is 4.69. The molecule has 0 radical (unpaired) electrons. The minimum absolute atomic E-state index is 0.0922. The molecule has 164 valence electrons. The summed E-state index contributed by atoms with van der Waals surface area (Å²) in [5, 5.41) is 1.98. The number of benzene rings is 3. The number of nitrogens with zero attached hydrogens (tertiary/aromatic N) is 1. The number of ether oxygens (including phenoxy) is 4. The standard InChI is InChI=1S/C25H22BrNO4Se/c1-28-21-12-18(13-22(29-2)24(21)30-3)25-23(27-15-32-25)17-9-10-20(19(26)11-17)31-14-16-7-5-4-6-8-16/h4-13,15H,14H2,1-3H3. The zero-order valence-corrected chi connectivity index (χ0v) is 21.2. The van der Waals surface area contributed by atoms with Crippen molar-refractivity contribution in [2.75, 3.05) is 21.3 Å². The summed E-state index contributed by atoms with van der Waals surface area (Å²) in [5.41, 5.74) is 4.09. The van der Waals surface area contributed by atoms with E-state index >= 15 is 0 Å². The predicted molar refractivity (Wildman–Crippen MR) is 130 cm³/mol. The average Bonchev–Trinajstić information content (AvgIpc) is 3.33. The van der Waals surface area contributed by atoms with Crippen LogP contribution in [0, 0.1) is 0 Å². The number of aromatic nitrogens is 1. The molecule has 0 saturated carbocycles. The fraction of sp³-hybridized carbons (Fsp3) is 0.160. The molecule has 0 aliphatic carbocycles. The van der Waals surface area contributed by atoms with Gasteiger partial charge in [-0.05, 0) is 0 Å². The van der Waals surface area contributed by atoms with Crippen LogP contribution in [0.25, 0.3) is 21.3 Å².